The number of carbonyl (C=O) groups excluding carboxylic acids is 1. The quantitative estimate of drug-likeness (QED) is 0.840. The molecule has 3 nitrogen and oxygen atoms in total. The molecule has 1 heterocycles. The van der Waals surface area contributed by atoms with Gasteiger partial charge in [0.15, 0.2) is 0 Å². The van der Waals surface area contributed by atoms with Crippen LogP contribution in [0.5, 0.6) is 0 Å². The van der Waals surface area contributed by atoms with Gasteiger partial charge in [-0.3, -0.25) is 4.79 Å². The molecule has 1 aliphatic heterocycles. The minimum Gasteiger partial charge on any atom is -0.385 e. The van der Waals surface area contributed by atoms with Crippen molar-refractivity contribution >= 4 is 11.6 Å². The first kappa shape index (κ1) is 12.0. The maximum absolute atomic E-state index is 11.9. The number of aryl methyl sites for hydroxylation is 1. The van der Waals surface area contributed by atoms with Crippen LogP contribution in [0, 0.1) is 5.92 Å². The highest BCUT2D eigenvalue weighted by molar-refractivity contribution is 5.94. The van der Waals surface area contributed by atoms with Gasteiger partial charge in [-0.2, -0.15) is 0 Å². The van der Waals surface area contributed by atoms with E-state index >= 15 is 0 Å². The van der Waals surface area contributed by atoms with Gasteiger partial charge in [0.1, 0.15) is 0 Å². The van der Waals surface area contributed by atoms with Crippen LogP contribution in [0.25, 0.3) is 0 Å². The van der Waals surface area contributed by atoms with Gasteiger partial charge in [0.05, 0.1) is 0 Å². The summed E-state index contributed by atoms with van der Waals surface area (Å²) in [5, 5.41) is 6.29. The van der Waals surface area contributed by atoms with Crippen molar-refractivity contribution in [2.75, 3.05) is 18.4 Å². The first-order valence-corrected chi connectivity index (χ1v) is 6.32. The fourth-order valence-corrected chi connectivity index (χ4v) is 2.02. The number of hydrogen-bond acceptors (Lipinski definition) is 2. The first-order chi connectivity index (χ1) is 8.16. The summed E-state index contributed by atoms with van der Waals surface area (Å²) in [6.45, 7) is 5.95. The molecule has 0 spiro atoms. The number of amides is 1. The summed E-state index contributed by atoms with van der Waals surface area (Å²) in [6.07, 6.45) is 2.21. The van der Waals surface area contributed by atoms with Crippen molar-refractivity contribution in [2.24, 2.45) is 5.92 Å². The van der Waals surface area contributed by atoms with Crippen molar-refractivity contribution in [3.63, 3.8) is 0 Å². The number of anilines is 1. The standard InChI is InChI=1S/C14H20N2O/c1-10(2)9-16-14(17)12-5-6-13-11(8-12)4-3-7-15-13/h5-6,8,10,15H,3-4,7,9H2,1-2H3,(H,16,17). The average Bonchev–Trinajstić information content (AvgIpc) is 2.35. The Morgan fingerprint density at radius 3 is 3.06 bits per heavy atom. The molecule has 0 aromatic heterocycles. The molecule has 0 radical (unpaired) electrons. The summed E-state index contributed by atoms with van der Waals surface area (Å²) in [5.41, 5.74) is 3.21. The molecular formula is C14H20N2O. The lowest BCUT2D eigenvalue weighted by Gasteiger charge is -2.18. The Hall–Kier alpha value is -1.51. The van der Waals surface area contributed by atoms with Gasteiger partial charge in [-0.05, 0) is 42.5 Å². The highest BCUT2D eigenvalue weighted by Crippen LogP contribution is 2.22. The van der Waals surface area contributed by atoms with Crippen LogP contribution in [0.3, 0.4) is 0 Å². The van der Waals surface area contributed by atoms with E-state index in [0.717, 1.165) is 31.5 Å². The third kappa shape index (κ3) is 2.99. The van der Waals surface area contributed by atoms with E-state index in [1.54, 1.807) is 0 Å². The molecule has 0 saturated heterocycles. The van der Waals surface area contributed by atoms with Crippen LogP contribution in [-0.4, -0.2) is 19.0 Å². The Bertz CT molecular complexity index is 413. The van der Waals surface area contributed by atoms with Gasteiger partial charge in [-0.1, -0.05) is 13.8 Å². The number of benzene rings is 1. The lowest BCUT2D eigenvalue weighted by Crippen LogP contribution is -2.27. The normalized spacial score (nSPS) is 14.1. The van der Waals surface area contributed by atoms with E-state index in [0.29, 0.717) is 5.92 Å². The molecule has 0 bridgehead atoms. The molecule has 1 aliphatic rings. The summed E-state index contributed by atoms with van der Waals surface area (Å²) in [4.78, 5) is 11.9. The van der Waals surface area contributed by atoms with E-state index < -0.39 is 0 Å². The molecule has 2 rings (SSSR count). The first-order valence-electron chi connectivity index (χ1n) is 6.32. The minimum atomic E-state index is 0.0343. The Kier molecular flexibility index (Phi) is 3.67. The Morgan fingerprint density at radius 1 is 1.47 bits per heavy atom. The summed E-state index contributed by atoms with van der Waals surface area (Å²) in [7, 11) is 0. The second-order valence-electron chi connectivity index (χ2n) is 5.01. The predicted molar refractivity (Wildman–Crippen MR) is 70.4 cm³/mol. The molecule has 0 saturated carbocycles. The minimum absolute atomic E-state index is 0.0343. The second-order valence-corrected chi connectivity index (χ2v) is 5.01. The second kappa shape index (κ2) is 5.21. The maximum Gasteiger partial charge on any atom is 0.251 e. The fourth-order valence-electron chi connectivity index (χ4n) is 2.02. The number of nitrogens with one attached hydrogen (secondary N) is 2. The van der Waals surface area contributed by atoms with Crippen LogP contribution >= 0.6 is 0 Å². The molecular weight excluding hydrogens is 212 g/mol. The van der Waals surface area contributed by atoms with Crippen molar-refractivity contribution in [3.05, 3.63) is 29.3 Å². The van der Waals surface area contributed by atoms with Crippen LogP contribution in [0.2, 0.25) is 0 Å². The van der Waals surface area contributed by atoms with Gasteiger partial charge >= 0.3 is 0 Å². The summed E-state index contributed by atoms with van der Waals surface area (Å²) < 4.78 is 0. The third-order valence-corrected chi connectivity index (χ3v) is 2.98. The molecule has 0 aliphatic carbocycles. The van der Waals surface area contributed by atoms with Gasteiger partial charge < -0.3 is 10.6 Å². The zero-order valence-corrected chi connectivity index (χ0v) is 10.5. The molecule has 1 aromatic carbocycles. The molecule has 0 fully saturated rings. The monoisotopic (exact) mass is 232 g/mol. The molecule has 0 atom stereocenters. The Morgan fingerprint density at radius 2 is 2.29 bits per heavy atom. The number of hydrogen-bond donors (Lipinski definition) is 2. The zero-order valence-electron chi connectivity index (χ0n) is 10.5. The molecule has 0 unspecified atom stereocenters. The Labute approximate surface area is 103 Å². The third-order valence-electron chi connectivity index (χ3n) is 2.98. The van der Waals surface area contributed by atoms with Crippen molar-refractivity contribution in [1.29, 1.82) is 0 Å². The van der Waals surface area contributed by atoms with E-state index in [1.807, 2.05) is 18.2 Å². The Balaban J connectivity index is 2.08. The highest BCUT2D eigenvalue weighted by Gasteiger charge is 2.12. The van der Waals surface area contributed by atoms with Gasteiger partial charge in [0.2, 0.25) is 0 Å². The van der Waals surface area contributed by atoms with E-state index in [-0.39, 0.29) is 5.91 Å². The summed E-state index contributed by atoms with van der Waals surface area (Å²) in [5.74, 6) is 0.519. The van der Waals surface area contributed by atoms with Gasteiger partial charge in [-0.15, -0.1) is 0 Å². The SMILES string of the molecule is CC(C)CNC(=O)c1ccc2c(c1)CCCN2. The van der Waals surface area contributed by atoms with E-state index in [2.05, 4.69) is 24.5 Å². The van der Waals surface area contributed by atoms with Crippen molar-refractivity contribution in [3.8, 4) is 0 Å². The highest BCUT2D eigenvalue weighted by atomic mass is 16.1. The number of carbonyl (C=O) groups is 1. The van der Waals surface area contributed by atoms with Crippen LogP contribution in [0.4, 0.5) is 5.69 Å². The lowest BCUT2D eigenvalue weighted by atomic mass is 10.0. The summed E-state index contributed by atoms with van der Waals surface area (Å²) >= 11 is 0. The number of fused-ring (bicyclic) bond motifs is 1. The van der Waals surface area contributed by atoms with E-state index in [1.165, 1.54) is 11.3 Å². The van der Waals surface area contributed by atoms with Crippen molar-refractivity contribution in [1.82, 2.24) is 5.32 Å². The number of rotatable bonds is 3. The molecule has 2 N–H and O–H groups in total. The molecule has 1 aromatic rings. The van der Waals surface area contributed by atoms with Gasteiger partial charge in [-0.25, -0.2) is 0 Å². The lowest BCUT2D eigenvalue weighted by molar-refractivity contribution is 0.0949. The van der Waals surface area contributed by atoms with Crippen LogP contribution < -0.4 is 10.6 Å². The summed E-state index contributed by atoms with van der Waals surface area (Å²) in [6, 6.07) is 5.92. The largest absolute Gasteiger partial charge is 0.385 e. The van der Waals surface area contributed by atoms with Gasteiger partial charge in [0.25, 0.3) is 5.91 Å². The molecule has 3 heteroatoms. The van der Waals surface area contributed by atoms with Crippen molar-refractivity contribution < 1.29 is 4.79 Å². The molecule has 92 valence electrons. The van der Waals surface area contributed by atoms with Crippen molar-refractivity contribution in [2.45, 2.75) is 26.7 Å². The van der Waals surface area contributed by atoms with Crippen LogP contribution in [-0.2, 0) is 6.42 Å². The van der Waals surface area contributed by atoms with E-state index in [4.69, 9.17) is 0 Å². The fraction of sp³-hybridized carbons (Fsp3) is 0.500. The maximum atomic E-state index is 11.9. The average molecular weight is 232 g/mol. The zero-order chi connectivity index (χ0) is 12.3. The molecule has 1 amide bonds. The molecule has 17 heavy (non-hydrogen) atoms. The predicted octanol–water partition coefficient (Wildman–Crippen LogP) is 2.43. The van der Waals surface area contributed by atoms with Crippen LogP contribution in [0.1, 0.15) is 36.2 Å². The topological polar surface area (TPSA) is 41.1 Å². The van der Waals surface area contributed by atoms with Crippen LogP contribution in [0.15, 0.2) is 18.2 Å². The van der Waals surface area contributed by atoms with E-state index in [9.17, 15) is 4.79 Å². The smallest absolute Gasteiger partial charge is 0.251 e. The van der Waals surface area contributed by atoms with Gasteiger partial charge in [0, 0.05) is 24.3 Å².